The molecule has 16 heavy (non-hydrogen) atoms. The van der Waals surface area contributed by atoms with Crippen molar-refractivity contribution >= 4 is 11.8 Å². The van der Waals surface area contributed by atoms with E-state index in [9.17, 15) is 9.59 Å². The lowest BCUT2D eigenvalue weighted by Crippen LogP contribution is -2.05. The second-order valence-corrected chi connectivity index (χ2v) is 3.89. The van der Waals surface area contributed by atoms with E-state index in [2.05, 4.69) is 0 Å². The van der Waals surface area contributed by atoms with Crippen LogP contribution < -0.4 is 0 Å². The lowest BCUT2D eigenvalue weighted by molar-refractivity contribution is -0.132. The third kappa shape index (κ3) is 5.29. The fourth-order valence-corrected chi connectivity index (χ4v) is 0.984. The maximum Gasteiger partial charge on any atom is 0.336 e. The number of carboxylic acids is 1. The number of hydrogen-bond acceptors (Lipinski definition) is 2. The van der Waals surface area contributed by atoms with Gasteiger partial charge < -0.3 is 5.11 Å². The highest BCUT2D eigenvalue weighted by atomic mass is 16.4. The number of aliphatic carboxylic acids is 1. The first-order valence-electron chi connectivity index (χ1n) is 5.16. The summed E-state index contributed by atoms with van der Waals surface area (Å²) in [6.45, 7) is 6.93. The Morgan fingerprint density at radius 2 is 1.69 bits per heavy atom. The second kappa shape index (κ2) is 6.77. The lowest BCUT2D eigenvalue weighted by Gasteiger charge is -1.99. The van der Waals surface area contributed by atoms with Crippen LogP contribution >= 0.6 is 0 Å². The summed E-state index contributed by atoms with van der Waals surface area (Å²) in [6.07, 6.45) is 6.80. The Labute approximate surface area is 96.2 Å². The van der Waals surface area contributed by atoms with Crippen molar-refractivity contribution in [3.8, 4) is 0 Å². The van der Waals surface area contributed by atoms with Crippen LogP contribution in [0, 0.1) is 5.92 Å². The SMILES string of the molecule is CC(=O)C(C)=C(C=CC=CC(C)C)C(=O)O. The Morgan fingerprint density at radius 1 is 1.12 bits per heavy atom. The number of Topliss-reactive ketones (excluding diaryl/α,β-unsaturated/α-hetero) is 1. The van der Waals surface area contributed by atoms with Crippen molar-refractivity contribution < 1.29 is 14.7 Å². The minimum atomic E-state index is -1.08. The van der Waals surface area contributed by atoms with Gasteiger partial charge in [-0.3, -0.25) is 4.79 Å². The minimum absolute atomic E-state index is 0.0425. The van der Waals surface area contributed by atoms with Crippen molar-refractivity contribution in [2.24, 2.45) is 5.92 Å². The first kappa shape index (κ1) is 14.4. The van der Waals surface area contributed by atoms with Gasteiger partial charge in [0.05, 0.1) is 5.57 Å². The van der Waals surface area contributed by atoms with E-state index in [1.54, 1.807) is 12.2 Å². The smallest absolute Gasteiger partial charge is 0.336 e. The number of carbonyl (C=O) groups excluding carboxylic acids is 1. The van der Waals surface area contributed by atoms with E-state index in [4.69, 9.17) is 5.11 Å². The predicted molar refractivity (Wildman–Crippen MR) is 64.1 cm³/mol. The van der Waals surface area contributed by atoms with Gasteiger partial charge in [-0.2, -0.15) is 0 Å². The fourth-order valence-electron chi connectivity index (χ4n) is 0.984. The minimum Gasteiger partial charge on any atom is -0.478 e. The van der Waals surface area contributed by atoms with E-state index in [0.29, 0.717) is 5.92 Å². The van der Waals surface area contributed by atoms with Gasteiger partial charge in [0.2, 0.25) is 0 Å². The van der Waals surface area contributed by atoms with Crippen LogP contribution in [0.2, 0.25) is 0 Å². The highest BCUT2D eigenvalue weighted by Crippen LogP contribution is 2.08. The number of carbonyl (C=O) groups is 2. The molecule has 88 valence electrons. The first-order chi connectivity index (χ1) is 7.36. The number of ketones is 1. The van der Waals surface area contributed by atoms with Gasteiger partial charge >= 0.3 is 5.97 Å². The molecule has 0 saturated heterocycles. The molecule has 0 fully saturated rings. The zero-order valence-corrected chi connectivity index (χ0v) is 10.2. The van der Waals surface area contributed by atoms with Crippen LogP contribution in [-0.2, 0) is 9.59 Å². The van der Waals surface area contributed by atoms with Gasteiger partial charge in [-0.05, 0) is 25.8 Å². The number of rotatable bonds is 5. The topological polar surface area (TPSA) is 54.4 Å². The molecule has 1 N–H and O–H groups in total. The Balaban J connectivity index is 4.93. The van der Waals surface area contributed by atoms with Crippen molar-refractivity contribution in [3.05, 3.63) is 35.5 Å². The van der Waals surface area contributed by atoms with E-state index in [0.717, 1.165) is 0 Å². The first-order valence-corrected chi connectivity index (χ1v) is 5.16. The number of allylic oxidation sites excluding steroid dienone is 4. The molecule has 0 aliphatic carbocycles. The van der Waals surface area contributed by atoms with Gasteiger partial charge in [-0.15, -0.1) is 0 Å². The highest BCUT2D eigenvalue weighted by Gasteiger charge is 2.10. The van der Waals surface area contributed by atoms with Gasteiger partial charge in [0.25, 0.3) is 0 Å². The molecule has 0 bridgehead atoms. The largest absolute Gasteiger partial charge is 0.478 e. The normalized spacial score (nSPS) is 13.6. The van der Waals surface area contributed by atoms with Crippen LogP contribution in [0.4, 0.5) is 0 Å². The molecule has 0 aromatic rings. The number of carboxylic acid groups (broad SMARTS) is 1. The molecule has 0 aliphatic heterocycles. The zero-order chi connectivity index (χ0) is 12.7. The summed E-state index contributed by atoms with van der Waals surface area (Å²) in [5.74, 6) is -0.896. The monoisotopic (exact) mass is 222 g/mol. The van der Waals surface area contributed by atoms with Crippen LogP contribution in [-0.4, -0.2) is 16.9 Å². The van der Waals surface area contributed by atoms with Crippen LogP contribution in [0.15, 0.2) is 35.5 Å². The molecule has 3 heteroatoms. The van der Waals surface area contributed by atoms with E-state index in [-0.39, 0.29) is 16.9 Å². The molecule has 0 aliphatic rings. The summed E-state index contributed by atoms with van der Waals surface area (Å²) in [5.41, 5.74) is 0.308. The van der Waals surface area contributed by atoms with Gasteiger partial charge in [-0.25, -0.2) is 4.79 Å². The second-order valence-electron chi connectivity index (χ2n) is 3.89. The maximum absolute atomic E-state index is 11.1. The Morgan fingerprint density at radius 3 is 2.06 bits per heavy atom. The molecule has 0 radical (unpaired) electrons. The van der Waals surface area contributed by atoms with Gasteiger partial charge in [0.15, 0.2) is 5.78 Å². The van der Waals surface area contributed by atoms with Gasteiger partial charge in [0, 0.05) is 5.57 Å². The molecule has 0 rings (SSSR count). The molecule has 0 amide bonds. The summed E-state index contributed by atoms with van der Waals surface area (Å²) in [6, 6.07) is 0. The molecule has 0 heterocycles. The molecular weight excluding hydrogens is 204 g/mol. The third-order valence-corrected chi connectivity index (χ3v) is 2.03. The molecule has 0 aromatic heterocycles. The standard InChI is InChI=1S/C13H18O3/c1-9(2)7-5-6-8-12(13(15)16)10(3)11(4)14/h5-9H,1-4H3,(H,15,16). The van der Waals surface area contributed by atoms with Crippen molar-refractivity contribution in [1.29, 1.82) is 0 Å². The lowest BCUT2D eigenvalue weighted by atomic mass is 10.1. The summed E-state index contributed by atoms with van der Waals surface area (Å²) in [7, 11) is 0. The highest BCUT2D eigenvalue weighted by molar-refractivity contribution is 6.03. The van der Waals surface area contributed by atoms with Crippen LogP contribution in [0.25, 0.3) is 0 Å². The van der Waals surface area contributed by atoms with Crippen molar-refractivity contribution in [3.63, 3.8) is 0 Å². The van der Waals surface area contributed by atoms with E-state index in [1.165, 1.54) is 19.9 Å². The van der Waals surface area contributed by atoms with E-state index in [1.807, 2.05) is 19.9 Å². The molecule has 0 spiro atoms. The molecule has 0 aromatic carbocycles. The van der Waals surface area contributed by atoms with Crippen molar-refractivity contribution in [2.45, 2.75) is 27.7 Å². The molecular formula is C13H18O3. The Hall–Kier alpha value is -1.64. The Kier molecular flexibility index (Phi) is 6.08. The summed E-state index contributed by atoms with van der Waals surface area (Å²) >= 11 is 0. The molecule has 3 nitrogen and oxygen atoms in total. The summed E-state index contributed by atoms with van der Waals surface area (Å²) in [5, 5.41) is 8.92. The van der Waals surface area contributed by atoms with Crippen LogP contribution in [0.5, 0.6) is 0 Å². The average Bonchev–Trinajstić information content (AvgIpc) is 2.15. The van der Waals surface area contributed by atoms with Gasteiger partial charge in [-0.1, -0.05) is 32.1 Å². The van der Waals surface area contributed by atoms with Crippen molar-refractivity contribution in [1.82, 2.24) is 0 Å². The number of hydrogen-bond donors (Lipinski definition) is 1. The van der Waals surface area contributed by atoms with Crippen LogP contribution in [0.3, 0.4) is 0 Å². The Bertz CT molecular complexity index is 357. The van der Waals surface area contributed by atoms with Crippen LogP contribution in [0.1, 0.15) is 27.7 Å². The van der Waals surface area contributed by atoms with E-state index < -0.39 is 5.97 Å². The molecule has 0 unspecified atom stereocenters. The maximum atomic E-state index is 11.1. The quantitative estimate of drug-likeness (QED) is 0.574. The zero-order valence-electron chi connectivity index (χ0n) is 10.2. The predicted octanol–water partition coefficient (Wildman–Crippen LogP) is 2.74. The van der Waals surface area contributed by atoms with Gasteiger partial charge in [0.1, 0.15) is 0 Å². The van der Waals surface area contributed by atoms with E-state index >= 15 is 0 Å². The third-order valence-electron chi connectivity index (χ3n) is 2.03. The fraction of sp³-hybridized carbons (Fsp3) is 0.385. The summed E-state index contributed by atoms with van der Waals surface area (Å²) < 4.78 is 0. The molecule has 0 saturated carbocycles. The van der Waals surface area contributed by atoms with Crippen molar-refractivity contribution in [2.75, 3.05) is 0 Å². The molecule has 0 atom stereocenters. The summed E-state index contributed by atoms with van der Waals surface area (Å²) in [4.78, 5) is 21.9. The average molecular weight is 222 g/mol.